The lowest BCUT2D eigenvalue weighted by atomic mass is 9.92. The molecule has 8 nitrogen and oxygen atoms in total. The van der Waals surface area contributed by atoms with Crippen molar-refractivity contribution < 1.29 is 13.4 Å². The summed E-state index contributed by atoms with van der Waals surface area (Å²) < 4.78 is 29.6. The third kappa shape index (κ3) is 6.50. The minimum atomic E-state index is -1.76. The fourth-order valence-corrected chi connectivity index (χ4v) is 6.66. The minimum absolute atomic E-state index is 0.0922. The molecule has 1 aliphatic carbocycles. The van der Waals surface area contributed by atoms with Crippen LogP contribution in [0.25, 0.3) is 11.3 Å². The van der Waals surface area contributed by atoms with Gasteiger partial charge < -0.3 is 4.90 Å². The van der Waals surface area contributed by atoms with E-state index in [1.165, 1.54) is 6.07 Å². The minimum Gasteiger partial charge on any atom is -0.337 e. The molecule has 0 spiro atoms. The largest absolute Gasteiger partial charge is 0.337 e. The summed E-state index contributed by atoms with van der Waals surface area (Å²) in [6.07, 6.45) is 3.20. The van der Waals surface area contributed by atoms with Crippen LogP contribution in [0.4, 0.5) is 10.3 Å². The van der Waals surface area contributed by atoms with E-state index in [9.17, 15) is 18.2 Å². The first-order valence-electron chi connectivity index (χ1n) is 13.9. The van der Waals surface area contributed by atoms with Crippen LogP contribution in [0, 0.1) is 13.8 Å². The number of rotatable bonds is 6. The number of hydrogen-bond acceptors (Lipinski definition) is 5. The number of aromatic nitrogens is 2. The van der Waals surface area contributed by atoms with Crippen molar-refractivity contribution in [3.05, 3.63) is 75.6 Å². The fraction of sp³-hybridized carbons (Fsp3) is 0.433. The first-order chi connectivity index (χ1) is 19.3. The van der Waals surface area contributed by atoms with Crippen molar-refractivity contribution in [2.45, 2.75) is 63.1 Å². The Labute approximate surface area is 236 Å². The topological polar surface area (TPSA) is 98.4 Å². The lowest BCUT2D eigenvalue weighted by Crippen LogP contribution is -2.41. The molecule has 2 aliphatic rings. The number of aryl methyl sites for hydroxylation is 2. The molecule has 5 rings (SSSR count). The van der Waals surface area contributed by atoms with Crippen molar-refractivity contribution in [2.24, 2.45) is 0 Å². The molecular weight excluding hydrogens is 529 g/mol. The van der Waals surface area contributed by atoms with E-state index in [-0.39, 0.29) is 17.4 Å². The van der Waals surface area contributed by atoms with Crippen LogP contribution in [-0.2, 0) is 11.0 Å². The van der Waals surface area contributed by atoms with Gasteiger partial charge in [-0.25, -0.2) is 13.6 Å². The summed E-state index contributed by atoms with van der Waals surface area (Å²) in [7, 11) is -1.76. The lowest BCUT2D eigenvalue weighted by Gasteiger charge is -2.34. The van der Waals surface area contributed by atoms with E-state index in [1.54, 1.807) is 24.3 Å². The van der Waals surface area contributed by atoms with Crippen molar-refractivity contribution in [2.75, 3.05) is 30.9 Å². The summed E-state index contributed by atoms with van der Waals surface area (Å²) in [5.74, 6) is -0.00802. The third-order valence-corrected chi connectivity index (χ3v) is 8.98. The third-order valence-electron chi connectivity index (χ3n) is 7.92. The van der Waals surface area contributed by atoms with Gasteiger partial charge in [-0.3, -0.25) is 24.2 Å². The normalized spacial score (nSPS) is 21.0. The van der Waals surface area contributed by atoms with Crippen molar-refractivity contribution in [1.29, 1.82) is 0 Å². The van der Waals surface area contributed by atoms with Gasteiger partial charge in [-0.05, 0) is 75.3 Å². The van der Waals surface area contributed by atoms with E-state index in [0.717, 1.165) is 49.0 Å². The van der Waals surface area contributed by atoms with Gasteiger partial charge in [0.25, 0.3) is 11.5 Å². The molecule has 1 saturated carbocycles. The first-order valence-corrected chi connectivity index (χ1v) is 15.1. The molecule has 2 fully saturated rings. The Morgan fingerprint density at radius 2 is 1.73 bits per heavy atom. The predicted molar refractivity (Wildman–Crippen MR) is 155 cm³/mol. The zero-order chi connectivity index (χ0) is 28.2. The number of H-pyrrole nitrogens is 1. The van der Waals surface area contributed by atoms with E-state index in [2.05, 4.69) is 19.6 Å². The number of carbonyl (C=O) groups is 1. The SMILES string of the molecule is Cc1cccc(C)c1-c1cc(=O)[nH]c(NS(=O)c2cccc(C(=O)N3CCCN(C4CCC(F)CC4)CC3)c2)n1. The predicted octanol–water partition coefficient (Wildman–Crippen LogP) is 4.62. The van der Waals surface area contributed by atoms with Gasteiger partial charge in [0.05, 0.1) is 10.6 Å². The smallest absolute Gasteiger partial charge is 0.253 e. The standard InChI is InChI=1S/C30H36FN5O3S/c1-20-6-3-7-21(2)28(20)26-19-27(37)33-30(32-26)34-40(39)25-9-4-8-22(18-25)29(38)36-15-5-14-35(16-17-36)24-12-10-23(31)11-13-24/h3-4,6-9,18-19,23-24H,5,10-17H2,1-2H3,(H2,32,33,34,37). The van der Waals surface area contributed by atoms with Crippen molar-refractivity contribution >= 4 is 22.8 Å². The van der Waals surface area contributed by atoms with Crippen LogP contribution >= 0.6 is 0 Å². The Kier molecular flexibility index (Phi) is 8.75. The monoisotopic (exact) mass is 565 g/mol. The maximum atomic E-state index is 13.6. The Bertz CT molecular complexity index is 1430. The summed E-state index contributed by atoms with van der Waals surface area (Å²) >= 11 is 0. The molecule has 1 atom stereocenters. The highest BCUT2D eigenvalue weighted by Crippen LogP contribution is 2.27. The second-order valence-electron chi connectivity index (χ2n) is 10.7. The molecule has 40 heavy (non-hydrogen) atoms. The highest BCUT2D eigenvalue weighted by molar-refractivity contribution is 7.86. The quantitative estimate of drug-likeness (QED) is 0.455. The van der Waals surface area contributed by atoms with Crippen LogP contribution in [0.15, 0.2) is 58.2 Å². The van der Waals surface area contributed by atoms with Crippen LogP contribution in [0.5, 0.6) is 0 Å². The molecule has 0 radical (unpaired) electrons. The Morgan fingerprint density at radius 3 is 2.48 bits per heavy atom. The number of halogens is 1. The van der Waals surface area contributed by atoms with Crippen LogP contribution < -0.4 is 10.3 Å². The number of benzene rings is 2. The first kappa shape index (κ1) is 28.2. The highest BCUT2D eigenvalue weighted by atomic mass is 32.2. The summed E-state index contributed by atoms with van der Waals surface area (Å²) in [5, 5.41) is 0. The van der Waals surface area contributed by atoms with Gasteiger partial charge in [-0.2, -0.15) is 0 Å². The van der Waals surface area contributed by atoms with Crippen molar-refractivity contribution in [1.82, 2.24) is 19.8 Å². The second kappa shape index (κ2) is 12.4. The van der Waals surface area contributed by atoms with Gasteiger partial charge in [0.2, 0.25) is 5.95 Å². The number of hydrogen-bond donors (Lipinski definition) is 2. The van der Waals surface area contributed by atoms with Gasteiger partial charge in [0.15, 0.2) is 11.0 Å². The van der Waals surface area contributed by atoms with Gasteiger partial charge in [0, 0.05) is 49.4 Å². The molecular formula is C30H36FN5O3S. The average Bonchev–Trinajstić information content (AvgIpc) is 3.19. The second-order valence-corrected chi connectivity index (χ2v) is 11.9. The van der Waals surface area contributed by atoms with Gasteiger partial charge in [-0.1, -0.05) is 24.3 Å². The zero-order valence-corrected chi connectivity index (χ0v) is 23.8. The van der Waals surface area contributed by atoms with E-state index in [1.807, 2.05) is 36.9 Å². The summed E-state index contributed by atoms with van der Waals surface area (Å²) in [4.78, 5) is 37.6. The number of amides is 1. The molecule has 10 heteroatoms. The number of aromatic amines is 1. The van der Waals surface area contributed by atoms with E-state index in [0.29, 0.717) is 48.1 Å². The van der Waals surface area contributed by atoms with E-state index >= 15 is 0 Å². The van der Waals surface area contributed by atoms with E-state index < -0.39 is 17.2 Å². The molecule has 1 saturated heterocycles. The Hall–Kier alpha value is -3.37. The Balaban J connectivity index is 1.27. The fourth-order valence-electron chi connectivity index (χ4n) is 5.83. The molecule has 1 aliphatic heterocycles. The molecule has 3 aromatic rings. The van der Waals surface area contributed by atoms with Crippen molar-refractivity contribution in [3.63, 3.8) is 0 Å². The molecule has 2 N–H and O–H groups in total. The molecule has 1 aromatic heterocycles. The maximum absolute atomic E-state index is 13.6. The molecule has 1 unspecified atom stereocenters. The number of anilines is 1. The number of alkyl halides is 1. The lowest BCUT2D eigenvalue weighted by molar-refractivity contribution is 0.0750. The zero-order valence-electron chi connectivity index (χ0n) is 23.0. The molecule has 1 amide bonds. The highest BCUT2D eigenvalue weighted by Gasteiger charge is 2.28. The maximum Gasteiger partial charge on any atom is 0.253 e. The summed E-state index contributed by atoms with van der Waals surface area (Å²) in [6.45, 7) is 6.85. The summed E-state index contributed by atoms with van der Waals surface area (Å²) in [5.41, 5.74) is 3.44. The Morgan fingerprint density at radius 1 is 1.00 bits per heavy atom. The summed E-state index contributed by atoms with van der Waals surface area (Å²) in [6, 6.07) is 14.4. The number of nitrogens with zero attached hydrogens (tertiary/aromatic N) is 3. The van der Waals surface area contributed by atoms with Crippen molar-refractivity contribution in [3.8, 4) is 11.3 Å². The average molecular weight is 566 g/mol. The molecule has 2 aromatic carbocycles. The van der Waals surface area contributed by atoms with Gasteiger partial charge in [-0.15, -0.1) is 0 Å². The van der Waals surface area contributed by atoms with Crippen LogP contribution in [-0.4, -0.2) is 68.3 Å². The van der Waals surface area contributed by atoms with Crippen LogP contribution in [0.2, 0.25) is 0 Å². The van der Waals surface area contributed by atoms with Crippen LogP contribution in [0.1, 0.15) is 53.6 Å². The number of carbonyl (C=O) groups excluding carboxylic acids is 1. The molecule has 212 valence electrons. The number of nitrogens with one attached hydrogen (secondary N) is 2. The van der Waals surface area contributed by atoms with E-state index in [4.69, 9.17) is 0 Å². The molecule has 2 heterocycles. The van der Waals surface area contributed by atoms with Gasteiger partial charge >= 0.3 is 0 Å². The van der Waals surface area contributed by atoms with Gasteiger partial charge in [0.1, 0.15) is 6.17 Å². The van der Waals surface area contributed by atoms with Crippen LogP contribution in [0.3, 0.4) is 0 Å². The molecule has 0 bridgehead atoms.